The van der Waals surface area contributed by atoms with E-state index in [9.17, 15) is 28.7 Å². The van der Waals surface area contributed by atoms with Crippen molar-refractivity contribution >= 4 is 15.5 Å². The molecule has 0 bridgehead atoms. The molecule has 1 heterocycles. The molecule has 0 spiro atoms. The van der Waals surface area contributed by atoms with Crippen LogP contribution in [0.15, 0.2) is 56.8 Å². The van der Waals surface area contributed by atoms with Crippen LogP contribution in [-0.4, -0.2) is 28.7 Å². The fraction of sp³-hybridized carbons (Fsp3) is 0.0625. The van der Waals surface area contributed by atoms with Gasteiger partial charge in [0.05, 0.1) is 20.4 Å². The summed E-state index contributed by atoms with van der Waals surface area (Å²) in [6.45, 7) is 1.55. The fourth-order valence-electron chi connectivity index (χ4n) is 2.46. The lowest BCUT2D eigenvalue weighted by atomic mass is 10.1. The van der Waals surface area contributed by atoms with Gasteiger partial charge >= 0.3 is 5.69 Å². The second-order valence-electron chi connectivity index (χ2n) is 5.37. The average Bonchev–Trinajstić information content (AvgIpc) is 3.03. The number of aromatic nitrogens is 1. The quantitative estimate of drug-likeness (QED) is 0.402. The Bertz CT molecular complexity index is 1110. The molecule has 0 aliphatic rings. The molecular formula is C16H12N2O7S. The van der Waals surface area contributed by atoms with Crippen LogP contribution in [-0.2, 0) is 9.84 Å². The minimum absolute atomic E-state index is 0.142. The number of rotatable bonds is 4. The van der Waals surface area contributed by atoms with Gasteiger partial charge in [-0.1, -0.05) is 23.4 Å². The maximum Gasteiger partial charge on any atom is 0.327 e. The highest BCUT2D eigenvalue weighted by atomic mass is 32.2. The number of phenols is 2. The lowest BCUT2D eigenvalue weighted by Gasteiger charge is -2.11. The van der Waals surface area contributed by atoms with E-state index in [1.54, 1.807) is 13.0 Å². The van der Waals surface area contributed by atoms with Crippen LogP contribution in [0.3, 0.4) is 0 Å². The first-order valence-corrected chi connectivity index (χ1v) is 8.69. The molecule has 26 heavy (non-hydrogen) atoms. The van der Waals surface area contributed by atoms with E-state index in [-0.39, 0.29) is 10.7 Å². The zero-order chi connectivity index (χ0) is 19.1. The number of benzene rings is 2. The van der Waals surface area contributed by atoms with Crippen LogP contribution in [0.4, 0.5) is 5.69 Å². The standard InChI is InChI=1S/C16H12N2O7S/c1-9-7-12(25-17-9)14-13(8-11(19)16(20)15(14)18(21)22)26(23,24)10-5-3-2-4-6-10/h2-8,19-20H,1H3. The van der Waals surface area contributed by atoms with Gasteiger partial charge in [0.2, 0.25) is 15.6 Å². The van der Waals surface area contributed by atoms with E-state index in [4.69, 9.17) is 4.52 Å². The maximum absolute atomic E-state index is 13.0. The van der Waals surface area contributed by atoms with E-state index in [0.29, 0.717) is 5.69 Å². The Morgan fingerprint density at radius 2 is 1.81 bits per heavy atom. The largest absolute Gasteiger partial charge is 0.504 e. The van der Waals surface area contributed by atoms with E-state index in [1.807, 2.05) is 0 Å². The van der Waals surface area contributed by atoms with Crippen molar-refractivity contribution in [2.24, 2.45) is 0 Å². The molecular weight excluding hydrogens is 364 g/mol. The summed E-state index contributed by atoms with van der Waals surface area (Å²) in [4.78, 5) is 9.75. The number of aryl methyl sites for hydroxylation is 1. The van der Waals surface area contributed by atoms with Gasteiger partial charge in [0.25, 0.3) is 0 Å². The Kier molecular flexibility index (Phi) is 4.12. The molecule has 3 rings (SSSR count). The lowest BCUT2D eigenvalue weighted by molar-refractivity contribution is -0.385. The average molecular weight is 376 g/mol. The summed E-state index contributed by atoms with van der Waals surface area (Å²) in [7, 11) is -4.27. The second-order valence-corrected chi connectivity index (χ2v) is 7.29. The third-order valence-corrected chi connectivity index (χ3v) is 5.41. The summed E-state index contributed by atoms with van der Waals surface area (Å²) < 4.78 is 31.0. The molecule has 0 aliphatic carbocycles. The Hall–Kier alpha value is -3.40. The number of hydrogen-bond acceptors (Lipinski definition) is 8. The molecule has 0 saturated carbocycles. The van der Waals surface area contributed by atoms with Crippen LogP contribution in [0, 0.1) is 17.0 Å². The molecule has 0 unspecified atom stereocenters. The highest BCUT2D eigenvalue weighted by Gasteiger charge is 2.35. The number of nitro groups is 1. The minimum atomic E-state index is -4.27. The Balaban J connectivity index is 2.45. The van der Waals surface area contributed by atoms with Crippen molar-refractivity contribution in [2.75, 3.05) is 0 Å². The van der Waals surface area contributed by atoms with E-state index in [0.717, 1.165) is 6.07 Å². The highest BCUT2D eigenvalue weighted by Crippen LogP contribution is 2.48. The summed E-state index contributed by atoms with van der Waals surface area (Å²) in [6.07, 6.45) is 0. The van der Waals surface area contributed by atoms with Crippen molar-refractivity contribution in [3.63, 3.8) is 0 Å². The smallest absolute Gasteiger partial charge is 0.327 e. The van der Waals surface area contributed by atoms with Crippen molar-refractivity contribution < 1.29 is 28.1 Å². The van der Waals surface area contributed by atoms with Gasteiger partial charge in [-0.3, -0.25) is 10.1 Å². The van der Waals surface area contributed by atoms with Gasteiger partial charge in [-0.25, -0.2) is 8.42 Å². The Labute approximate surface area is 147 Å². The first kappa shape index (κ1) is 17.4. The predicted octanol–water partition coefficient (Wildman–Crippen LogP) is 2.80. The molecule has 0 saturated heterocycles. The molecule has 134 valence electrons. The molecule has 0 radical (unpaired) electrons. The first-order chi connectivity index (χ1) is 12.2. The third kappa shape index (κ3) is 2.75. The van der Waals surface area contributed by atoms with Crippen LogP contribution in [0.5, 0.6) is 11.5 Å². The fourth-order valence-corrected chi connectivity index (χ4v) is 3.96. The van der Waals surface area contributed by atoms with Crippen LogP contribution in [0.25, 0.3) is 11.3 Å². The van der Waals surface area contributed by atoms with E-state index < -0.39 is 42.4 Å². The molecule has 0 amide bonds. The predicted molar refractivity (Wildman–Crippen MR) is 88.6 cm³/mol. The molecule has 0 aliphatic heterocycles. The molecule has 10 heteroatoms. The van der Waals surface area contributed by atoms with Gasteiger partial charge in [-0.15, -0.1) is 0 Å². The summed E-state index contributed by atoms with van der Waals surface area (Å²) in [5.74, 6) is -2.23. The van der Waals surface area contributed by atoms with Gasteiger partial charge in [0.1, 0.15) is 5.56 Å². The molecule has 2 N–H and O–H groups in total. The summed E-state index contributed by atoms with van der Waals surface area (Å²) in [5.41, 5.74) is -1.13. The number of sulfone groups is 1. The van der Waals surface area contributed by atoms with Crippen molar-refractivity contribution in [3.05, 3.63) is 58.3 Å². The van der Waals surface area contributed by atoms with Gasteiger partial charge < -0.3 is 14.7 Å². The van der Waals surface area contributed by atoms with E-state index in [2.05, 4.69) is 5.16 Å². The zero-order valence-electron chi connectivity index (χ0n) is 13.3. The topological polar surface area (TPSA) is 144 Å². The Morgan fingerprint density at radius 3 is 2.35 bits per heavy atom. The minimum Gasteiger partial charge on any atom is -0.504 e. The van der Waals surface area contributed by atoms with Gasteiger partial charge in [-0.2, -0.15) is 0 Å². The van der Waals surface area contributed by atoms with E-state index >= 15 is 0 Å². The first-order valence-electron chi connectivity index (χ1n) is 7.20. The zero-order valence-corrected chi connectivity index (χ0v) is 14.1. The second kappa shape index (κ2) is 6.15. The number of nitro benzene ring substituents is 1. The summed E-state index contributed by atoms with van der Waals surface area (Å²) in [6, 6.07) is 9.23. The monoisotopic (exact) mass is 376 g/mol. The van der Waals surface area contributed by atoms with Crippen molar-refractivity contribution in [3.8, 4) is 22.8 Å². The number of phenolic OH excluding ortho intramolecular Hbond substituents is 2. The van der Waals surface area contributed by atoms with Gasteiger partial charge in [-0.05, 0) is 19.1 Å². The maximum atomic E-state index is 13.0. The summed E-state index contributed by atoms with van der Waals surface area (Å²) in [5, 5.41) is 34.9. The van der Waals surface area contributed by atoms with Crippen LogP contribution in [0.2, 0.25) is 0 Å². The number of aromatic hydroxyl groups is 2. The normalized spacial score (nSPS) is 11.4. The van der Waals surface area contributed by atoms with Crippen LogP contribution in [0.1, 0.15) is 5.69 Å². The van der Waals surface area contributed by atoms with Crippen molar-refractivity contribution in [1.82, 2.24) is 5.16 Å². The molecule has 3 aromatic rings. The molecule has 2 aromatic carbocycles. The molecule has 0 atom stereocenters. The molecule has 0 fully saturated rings. The highest BCUT2D eigenvalue weighted by molar-refractivity contribution is 7.91. The summed E-state index contributed by atoms with van der Waals surface area (Å²) >= 11 is 0. The molecule has 1 aromatic heterocycles. The SMILES string of the molecule is Cc1cc(-c2c(S(=O)(=O)c3ccccc3)cc(O)c(O)c2[N+](=O)[O-])on1. The van der Waals surface area contributed by atoms with Crippen molar-refractivity contribution in [1.29, 1.82) is 0 Å². The number of nitrogens with zero attached hydrogens (tertiary/aromatic N) is 2. The van der Waals surface area contributed by atoms with Crippen molar-refractivity contribution in [2.45, 2.75) is 16.7 Å². The van der Waals surface area contributed by atoms with E-state index in [1.165, 1.54) is 30.3 Å². The van der Waals surface area contributed by atoms with Crippen LogP contribution < -0.4 is 0 Å². The van der Waals surface area contributed by atoms with Gasteiger partial charge in [0.15, 0.2) is 11.5 Å². The van der Waals surface area contributed by atoms with Crippen LogP contribution >= 0.6 is 0 Å². The number of hydrogen-bond donors (Lipinski definition) is 2. The third-order valence-electron chi connectivity index (χ3n) is 3.62. The lowest BCUT2D eigenvalue weighted by Crippen LogP contribution is -2.06. The van der Waals surface area contributed by atoms with Gasteiger partial charge in [0, 0.05) is 12.1 Å². The molecule has 9 nitrogen and oxygen atoms in total. The Morgan fingerprint density at radius 1 is 1.15 bits per heavy atom.